The van der Waals surface area contributed by atoms with Crippen molar-refractivity contribution < 1.29 is 14.3 Å². The van der Waals surface area contributed by atoms with E-state index in [1.807, 2.05) is 73.7 Å². The van der Waals surface area contributed by atoms with E-state index >= 15 is 0 Å². The van der Waals surface area contributed by atoms with Gasteiger partial charge in [0, 0.05) is 21.9 Å². The highest BCUT2D eigenvalue weighted by Crippen LogP contribution is 2.42. The minimum Gasteiger partial charge on any atom is -0.494 e. The van der Waals surface area contributed by atoms with Crippen molar-refractivity contribution in [3.8, 4) is 5.75 Å². The van der Waals surface area contributed by atoms with Crippen molar-refractivity contribution in [3.63, 3.8) is 0 Å². The van der Waals surface area contributed by atoms with E-state index in [1.54, 1.807) is 16.7 Å². The third kappa shape index (κ3) is 5.91. The molecule has 190 valence electrons. The SMILES string of the molecule is CCOc1ccc(CN2C(=O)c3ccccc3Sc3ccc(C(=O)NCCC4=CCCCC4)cc32)cc1. The van der Waals surface area contributed by atoms with E-state index in [-0.39, 0.29) is 11.8 Å². The van der Waals surface area contributed by atoms with E-state index in [2.05, 4.69) is 11.4 Å². The van der Waals surface area contributed by atoms with Crippen LogP contribution in [0, 0.1) is 0 Å². The summed E-state index contributed by atoms with van der Waals surface area (Å²) < 4.78 is 5.58. The number of hydrogen-bond donors (Lipinski definition) is 1. The number of fused-ring (bicyclic) bond motifs is 2. The molecule has 3 aromatic carbocycles. The number of nitrogens with one attached hydrogen (secondary N) is 1. The number of hydrogen-bond acceptors (Lipinski definition) is 4. The van der Waals surface area contributed by atoms with Crippen molar-refractivity contribution in [2.24, 2.45) is 0 Å². The highest BCUT2D eigenvalue weighted by Gasteiger charge is 2.28. The van der Waals surface area contributed by atoms with Gasteiger partial charge < -0.3 is 15.0 Å². The molecule has 0 aromatic heterocycles. The lowest BCUT2D eigenvalue weighted by atomic mass is 9.97. The van der Waals surface area contributed by atoms with Crippen molar-refractivity contribution in [2.75, 3.05) is 18.1 Å². The quantitative estimate of drug-likeness (QED) is 0.330. The van der Waals surface area contributed by atoms with Crippen molar-refractivity contribution in [3.05, 3.63) is 95.1 Å². The molecule has 1 aliphatic heterocycles. The summed E-state index contributed by atoms with van der Waals surface area (Å²) in [5, 5.41) is 3.08. The number of benzene rings is 3. The van der Waals surface area contributed by atoms with Gasteiger partial charge >= 0.3 is 0 Å². The first-order valence-electron chi connectivity index (χ1n) is 13.0. The second-order valence-electron chi connectivity index (χ2n) is 9.36. The average molecular weight is 513 g/mol. The number of rotatable bonds is 8. The lowest BCUT2D eigenvalue weighted by molar-refractivity contribution is 0.0950. The van der Waals surface area contributed by atoms with Crippen LogP contribution in [0.5, 0.6) is 5.75 Å². The Labute approximate surface area is 222 Å². The van der Waals surface area contributed by atoms with Crippen LogP contribution in [0.4, 0.5) is 5.69 Å². The monoisotopic (exact) mass is 512 g/mol. The lowest BCUT2D eigenvalue weighted by Crippen LogP contribution is -2.31. The Bertz CT molecular complexity index is 1320. The molecule has 0 atom stereocenters. The van der Waals surface area contributed by atoms with Crippen LogP contribution in [0.15, 0.2) is 88.2 Å². The molecule has 2 aliphatic rings. The van der Waals surface area contributed by atoms with E-state index in [0.29, 0.717) is 30.8 Å². The number of carbonyl (C=O) groups is 2. The highest BCUT2D eigenvalue weighted by atomic mass is 32.2. The van der Waals surface area contributed by atoms with Gasteiger partial charge in [-0.25, -0.2) is 0 Å². The lowest BCUT2D eigenvalue weighted by Gasteiger charge is -2.24. The van der Waals surface area contributed by atoms with Gasteiger partial charge in [0.05, 0.1) is 24.4 Å². The number of nitrogens with zero attached hydrogens (tertiary/aromatic N) is 1. The Balaban J connectivity index is 1.41. The van der Waals surface area contributed by atoms with Crippen LogP contribution in [-0.2, 0) is 6.54 Å². The Morgan fingerprint density at radius 3 is 2.65 bits per heavy atom. The van der Waals surface area contributed by atoms with E-state index < -0.39 is 0 Å². The van der Waals surface area contributed by atoms with Gasteiger partial charge in [-0.1, -0.05) is 47.7 Å². The smallest absolute Gasteiger partial charge is 0.259 e. The average Bonchev–Trinajstić information content (AvgIpc) is 3.04. The predicted molar refractivity (Wildman–Crippen MR) is 149 cm³/mol. The molecule has 1 N–H and O–H groups in total. The Morgan fingerprint density at radius 2 is 1.86 bits per heavy atom. The second kappa shape index (κ2) is 11.7. The third-order valence-corrected chi connectivity index (χ3v) is 7.93. The zero-order chi connectivity index (χ0) is 25.6. The number of anilines is 1. The minimum atomic E-state index is -0.112. The molecule has 0 unspecified atom stereocenters. The normalized spacial score (nSPS) is 14.8. The molecular weight excluding hydrogens is 480 g/mol. The van der Waals surface area contributed by atoms with Crippen LogP contribution in [0.25, 0.3) is 0 Å². The fourth-order valence-electron chi connectivity index (χ4n) is 4.83. The van der Waals surface area contributed by atoms with Crippen molar-refractivity contribution in [2.45, 2.75) is 55.4 Å². The van der Waals surface area contributed by atoms with Crippen LogP contribution in [0.1, 0.15) is 65.3 Å². The molecule has 6 heteroatoms. The minimum absolute atomic E-state index is 0.0717. The maximum absolute atomic E-state index is 13.8. The maximum Gasteiger partial charge on any atom is 0.259 e. The fourth-order valence-corrected chi connectivity index (χ4v) is 5.89. The number of carbonyl (C=O) groups excluding carboxylic acids is 2. The molecule has 0 fully saturated rings. The molecule has 0 saturated heterocycles. The third-order valence-electron chi connectivity index (χ3n) is 6.79. The maximum atomic E-state index is 13.8. The summed E-state index contributed by atoms with van der Waals surface area (Å²) in [6.45, 7) is 3.58. The van der Waals surface area contributed by atoms with E-state index in [1.165, 1.54) is 18.4 Å². The molecule has 0 spiro atoms. The highest BCUT2D eigenvalue weighted by molar-refractivity contribution is 7.99. The van der Waals surface area contributed by atoms with Gasteiger partial charge in [0.1, 0.15) is 5.75 Å². The first-order valence-corrected chi connectivity index (χ1v) is 13.8. The van der Waals surface area contributed by atoms with Gasteiger partial charge in [-0.05, 0) is 87.1 Å². The first kappa shape index (κ1) is 25.2. The summed E-state index contributed by atoms with van der Waals surface area (Å²) in [5.74, 6) is 0.620. The molecule has 1 aliphatic carbocycles. The molecule has 0 radical (unpaired) electrons. The van der Waals surface area contributed by atoms with Gasteiger partial charge in [-0.3, -0.25) is 9.59 Å². The van der Waals surface area contributed by atoms with Gasteiger partial charge in [0.15, 0.2) is 0 Å². The molecule has 5 nitrogen and oxygen atoms in total. The number of ether oxygens (including phenoxy) is 1. The molecule has 0 saturated carbocycles. The van der Waals surface area contributed by atoms with Crippen LogP contribution >= 0.6 is 11.8 Å². The van der Waals surface area contributed by atoms with Crippen molar-refractivity contribution in [1.29, 1.82) is 0 Å². The standard InChI is InChI=1S/C31H32N2O3S/c1-2-36-25-15-12-23(13-16-25)21-33-27-20-24(30(34)32-19-18-22-8-4-3-5-9-22)14-17-29(27)37-28-11-7-6-10-26(28)31(33)35/h6-8,10-17,20H,2-5,9,18-19,21H2,1H3,(H,32,34). The van der Waals surface area contributed by atoms with Gasteiger partial charge in [0.25, 0.3) is 11.8 Å². The molecular formula is C31H32N2O3S. The molecule has 2 amide bonds. The number of allylic oxidation sites excluding steroid dienone is 1. The van der Waals surface area contributed by atoms with Crippen LogP contribution in [0.3, 0.4) is 0 Å². The summed E-state index contributed by atoms with van der Waals surface area (Å²) in [6, 6.07) is 21.2. The molecule has 0 bridgehead atoms. The van der Waals surface area contributed by atoms with E-state index in [9.17, 15) is 9.59 Å². The zero-order valence-electron chi connectivity index (χ0n) is 21.2. The summed E-state index contributed by atoms with van der Waals surface area (Å²) in [4.78, 5) is 30.5. The molecule has 5 rings (SSSR count). The van der Waals surface area contributed by atoms with Crippen molar-refractivity contribution >= 4 is 29.3 Å². The Hall–Kier alpha value is -3.51. The van der Waals surface area contributed by atoms with Crippen LogP contribution < -0.4 is 15.0 Å². The van der Waals surface area contributed by atoms with Gasteiger partial charge in [-0.15, -0.1) is 0 Å². The summed E-state index contributed by atoms with van der Waals surface area (Å²) in [6.07, 6.45) is 7.99. The van der Waals surface area contributed by atoms with Crippen LogP contribution in [0.2, 0.25) is 0 Å². The molecule has 3 aromatic rings. The second-order valence-corrected chi connectivity index (χ2v) is 10.4. The molecule has 37 heavy (non-hydrogen) atoms. The first-order chi connectivity index (χ1) is 18.1. The topological polar surface area (TPSA) is 58.6 Å². The number of amides is 2. The Kier molecular flexibility index (Phi) is 7.95. The summed E-state index contributed by atoms with van der Waals surface area (Å²) in [5.41, 5.74) is 4.41. The summed E-state index contributed by atoms with van der Waals surface area (Å²) >= 11 is 1.57. The molecule has 1 heterocycles. The Morgan fingerprint density at radius 1 is 1.03 bits per heavy atom. The van der Waals surface area contributed by atoms with E-state index in [0.717, 1.165) is 46.1 Å². The van der Waals surface area contributed by atoms with Crippen molar-refractivity contribution in [1.82, 2.24) is 5.32 Å². The van der Waals surface area contributed by atoms with Crippen LogP contribution in [-0.4, -0.2) is 25.0 Å². The zero-order valence-corrected chi connectivity index (χ0v) is 22.0. The predicted octanol–water partition coefficient (Wildman–Crippen LogP) is 7.02. The fraction of sp³-hybridized carbons (Fsp3) is 0.290. The van der Waals surface area contributed by atoms with E-state index in [4.69, 9.17) is 4.74 Å². The summed E-state index contributed by atoms with van der Waals surface area (Å²) in [7, 11) is 0. The van der Waals surface area contributed by atoms with Gasteiger partial charge in [0.2, 0.25) is 0 Å². The largest absolute Gasteiger partial charge is 0.494 e. The van der Waals surface area contributed by atoms with Gasteiger partial charge in [-0.2, -0.15) is 0 Å².